The maximum absolute atomic E-state index is 11.9. The standard InChI is InChI=1S/C10H14F3N3OS/c1-2-15-9(17)8-6(14)5-7(18-8)16-4-3-10(11,12)13/h5,16H,2-4,14H2,1H3,(H,15,17). The molecule has 0 saturated carbocycles. The quantitative estimate of drug-likeness (QED) is 0.776. The molecule has 0 bridgehead atoms. The van der Waals surface area contributed by atoms with Gasteiger partial charge in [-0.2, -0.15) is 13.2 Å². The van der Waals surface area contributed by atoms with Gasteiger partial charge in [-0.05, 0) is 13.0 Å². The lowest BCUT2D eigenvalue weighted by atomic mass is 10.3. The summed E-state index contributed by atoms with van der Waals surface area (Å²) in [6.45, 7) is 2.00. The number of nitrogen functional groups attached to an aromatic ring is 1. The van der Waals surface area contributed by atoms with Crippen LogP contribution in [0.4, 0.5) is 23.9 Å². The van der Waals surface area contributed by atoms with Crippen LogP contribution >= 0.6 is 11.3 Å². The number of hydrogen-bond donors (Lipinski definition) is 3. The number of thiophene rings is 1. The molecule has 1 rings (SSSR count). The molecule has 0 aliphatic heterocycles. The van der Waals surface area contributed by atoms with Gasteiger partial charge in [0.2, 0.25) is 0 Å². The lowest BCUT2D eigenvalue weighted by Crippen LogP contribution is -2.22. The molecule has 0 unspecified atom stereocenters. The van der Waals surface area contributed by atoms with E-state index in [0.29, 0.717) is 16.4 Å². The number of amides is 1. The summed E-state index contributed by atoms with van der Waals surface area (Å²) in [6, 6.07) is 1.46. The van der Waals surface area contributed by atoms with Crippen molar-refractivity contribution in [3.05, 3.63) is 10.9 Å². The predicted octanol–water partition coefficient (Wildman–Crippen LogP) is 2.44. The number of carbonyl (C=O) groups excluding carboxylic acids is 1. The van der Waals surface area contributed by atoms with Crippen LogP contribution in [0.5, 0.6) is 0 Å². The normalized spacial score (nSPS) is 11.3. The highest BCUT2D eigenvalue weighted by atomic mass is 32.1. The van der Waals surface area contributed by atoms with Gasteiger partial charge in [0.25, 0.3) is 5.91 Å². The highest BCUT2D eigenvalue weighted by Crippen LogP contribution is 2.29. The van der Waals surface area contributed by atoms with E-state index in [1.54, 1.807) is 6.92 Å². The average Bonchev–Trinajstić information content (AvgIpc) is 2.58. The minimum Gasteiger partial charge on any atom is -0.397 e. The van der Waals surface area contributed by atoms with Crippen molar-refractivity contribution in [1.29, 1.82) is 0 Å². The number of anilines is 2. The highest BCUT2D eigenvalue weighted by molar-refractivity contribution is 7.18. The molecule has 1 aromatic rings. The number of nitrogens with two attached hydrogens (primary N) is 1. The molecule has 0 saturated heterocycles. The van der Waals surface area contributed by atoms with Crippen molar-refractivity contribution in [3.8, 4) is 0 Å². The number of alkyl halides is 3. The second-order valence-corrected chi connectivity index (χ2v) is 4.60. The second kappa shape index (κ2) is 5.94. The maximum atomic E-state index is 11.9. The van der Waals surface area contributed by atoms with Crippen molar-refractivity contribution in [1.82, 2.24) is 5.32 Å². The predicted molar refractivity (Wildman–Crippen MR) is 65.9 cm³/mol. The molecule has 0 radical (unpaired) electrons. The van der Waals surface area contributed by atoms with Crippen molar-refractivity contribution < 1.29 is 18.0 Å². The molecular weight excluding hydrogens is 267 g/mol. The first kappa shape index (κ1) is 14.6. The second-order valence-electron chi connectivity index (χ2n) is 3.55. The maximum Gasteiger partial charge on any atom is 0.390 e. The Morgan fingerprint density at radius 2 is 2.17 bits per heavy atom. The molecule has 1 amide bonds. The molecule has 102 valence electrons. The van der Waals surface area contributed by atoms with Gasteiger partial charge in [-0.3, -0.25) is 4.79 Å². The van der Waals surface area contributed by atoms with E-state index in [-0.39, 0.29) is 18.1 Å². The van der Waals surface area contributed by atoms with Gasteiger partial charge in [0.1, 0.15) is 4.88 Å². The summed E-state index contributed by atoms with van der Waals surface area (Å²) in [7, 11) is 0. The van der Waals surface area contributed by atoms with Crippen molar-refractivity contribution in [3.63, 3.8) is 0 Å². The topological polar surface area (TPSA) is 67.2 Å². The molecule has 4 N–H and O–H groups in total. The molecule has 18 heavy (non-hydrogen) atoms. The van der Waals surface area contributed by atoms with E-state index in [0.717, 1.165) is 11.3 Å². The summed E-state index contributed by atoms with van der Waals surface area (Å²) in [5, 5.41) is 5.63. The average molecular weight is 281 g/mol. The highest BCUT2D eigenvalue weighted by Gasteiger charge is 2.26. The summed E-state index contributed by atoms with van der Waals surface area (Å²) in [5.74, 6) is -0.316. The summed E-state index contributed by atoms with van der Waals surface area (Å²) in [5.41, 5.74) is 5.88. The molecule has 0 aliphatic rings. The largest absolute Gasteiger partial charge is 0.397 e. The molecule has 0 fully saturated rings. The van der Waals surface area contributed by atoms with Crippen molar-refractivity contribution in [2.24, 2.45) is 0 Å². The van der Waals surface area contributed by atoms with Gasteiger partial charge in [-0.25, -0.2) is 0 Å². The van der Waals surface area contributed by atoms with Crippen LogP contribution in [-0.4, -0.2) is 25.2 Å². The zero-order valence-electron chi connectivity index (χ0n) is 9.73. The Balaban J connectivity index is 2.59. The van der Waals surface area contributed by atoms with Crippen LogP contribution in [0.3, 0.4) is 0 Å². The summed E-state index contributed by atoms with van der Waals surface area (Å²) < 4.78 is 35.8. The number of halogens is 3. The van der Waals surface area contributed by atoms with Gasteiger partial charge in [-0.15, -0.1) is 11.3 Å². The van der Waals surface area contributed by atoms with Gasteiger partial charge in [0, 0.05) is 13.1 Å². The summed E-state index contributed by atoms with van der Waals surface area (Å²) in [6.07, 6.45) is -5.13. The molecule has 4 nitrogen and oxygen atoms in total. The van der Waals surface area contributed by atoms with E-state index in [1.807, 2.05) is 0 Å². The van der Waals surface area contributed by atoms with Crippen LogP contribution in [0.25, 0.3) is 0 Å². The Hall–Kier alpha value is -1.44. The van der Waals surface area contributed by atoms with Crippen molar-refractivity contribution in [2.75, 3.05) is 24.1 Å². The first-order valence-corrected chi connectivity index (χ1v) is 6.13. The molecule has 8 heteroatoms. The zero-order valence-corrected chi connectivity index (χ0v) is 10.5. The third-order valence-electron chi connectivity index (χ3n) is 2.01. The van der Waals surface area contributed by atoms with E-state index in [1.165, 1.54) is 6.07 Å². The fourth-order valence-corrected chi connectivity index (χ4v) is 2.16. The smallest absolute Gasteiger partial charge is 0.390 e. The number of carbonyl (C=O) groups is 1. The molecule has 0 aromatic carbocycles. The van der Waals surface area contributed by atoms with Crippen LogP contribution < -0.4 is 16.4 Å². The van der Waals surface area contributed by atoms with Crippen LogP contribution in [0.15, 0.2) is 6.07 Å². The van der Waals surface area contributed by atoms with Crippen LogP contribution in [0.2, 0.25) is 0 Å². The van der Waals surface area contributed by atoms with Gasteiger partial charge in [-0.1, -0.05) is 0 Å². The van der Waals surface area contributed by atoms with Gasteiger partial charge >= 0.3 is 6.18 Å². The van der Waals surface area contributed by atoms with Gasteiger partial charge in [0.15, 0.2) is 0 Å². The Morgan fingerprint density at radius 1 is 1.50 bits per heavy atom. The van der Waals surface area contributed by atoms with E-state index in [4.69, 9.17) is 5.73 Å². The minimum absolute atomic E-state index is 0.238. The van der Waals surface area contributed by atoms with Gasteiger partial charge < -0.3 is 16.4 Å². The van der Waals surface area contributed by atoms with Crippen LogP contribution in [0.1, 0.15) is 23.0 Å². The summed E-state index contributed by atoms with van der Waals surface area (Å²) in [4.78, 5) is 11.8. The molecule has 1 aromatic heterocycles. The SMILES string of the molecule is CCNC(=O)c1sc(NCCC(F)(F)F)cc1N. The van der Waals surface area contributed by atoms with E-state index in [9.17, 15) is 18.0 Å². The molecule has 0 aliphatic carbocycles. The number of rotatable bonds is 5. The summed E-state index contributed by atoms with van der Waals surface area (Å²) >= 11 is 1.04. The Kier molecular flexibility index (Phi) is 4.83. The van der Waals surface area contributed by atoms with Gasteiger partial charge in [0.05, 0.1) is 17.1 Å². The molecule has 0 atom stereocenters. The molecular formula is C10H14F3N3OS. The monoisotopic (exact) mass is 281 g/mol. The van der Waals surface area contributed by atoms with Crippen molar-refractivity contribution in [2.45, 2.75) is 19.5 Å². The minimum atomic E-state index is -4.20. The number of hydrogen-bond acceptors (Lipinski definition) is 4. The Labute approximate surface area is 106 Å². The Morgan fingerprint density at radius 3 is 2.72 bits per heavy atom. The fraction of sp³-hybridized carbons (Fsp3) is 0.500. The lowest BCUT2D eigenvalue weighted by Gasteiger charge is -2.06. The first-order chi connectivity index (χ1) is 8.33. The lowest BCUT2D eigenvalue weighted by molar-refractivity contribution is -0.131. The third-order valence-corrected chi connectivity index (χ3v) is 3.12. The fourth-order valence-electron chi connectivity index (χ4n) is 1.24. The third kappa shape index (κ3) is 4.44. The van der Waals surface area contributed by atoms with E-state index >= 15 is 0 Å². The first-order valence-electron chi connectivity index (χ1n) is 5.31. The van der Waals surface area contributed by atoms with Crippen LogP contribution in [-0.2, 0) is 0 Å². The molecule has 0 spiro atoms. The molecule has 1 heterocycles. The van der Waals surface area contributed by atoms with E-state index in [2.05, 4.69) is 10.6 Å². The number of nitrogens with one attached hydrogen (secondary N) is 2. The van der Waals surface area contributed by atoms with E-state index < -0.39 is 12.6 Å². The van der Waals surface area contributed by atoms with Crippen molar-refractivity contribution >= 4 is 27.9 Å². The van der Waals surface area contributed by atoms with Crippen LogP contribution in [0, 0.1) is 0 Å². The Bertz CT molecular complexity index is 417. The zero-order chi connectivity index (χ0) is 13.8.